The summed E-state index contributed by atoms with van der Waals surface area (Å²) >= 11 is 0. The van der Waals surface area contributed by atoms with Crippen molar-refractivity contribution in [1.82, 2.24) is 4.98 Å². The molecule has 1 aromatic carbocycles. The minimum Gasteiger partial charge on any atom is -0.380 e. The average Bonchev–Trinajstić information content (AvgIpc) is 2.37. The van der Waals surface area contributed by atoms with Crippen LogP contribution in [0.3, 0.4) is 0 Å². The van der Waals surface area contributed by atoms with Gasteiger partial charge in [-0.1, -0.05) is 30.3 Å². The molecule has 1 heterocycles. The number of hydrogen-bond acceptors (Lipinski definition) is 2. The fourth-order valence-electron chi connectivity index (χ4n) is 1.47. The van der Waals surface area contributed by atoms with E-state index in [9.17, 15) is 13.2 Å². The van der Waals surface area contributed by atoms with Crippen molar-refractivity contribution in [3.05, 3.63) is 59.9 Å². The van der Waals surface area contributed by atoms with E-state index in [1.54, 1.807) is 0 Å². The van der Waals surface area contributed by atoms with Crippen LogP contribution in [0.2, 0.25) is 0 Å². The minimum absolute atomic E-state index is 0.549. The number of alkyl halides is 3. The predicted molar refractivity (Wildman–Crippen MR) is 63.0 cm³/mol. The quantitative estimate of drug-likeness (QED) is 0.900. The summed E-state index contributed by atoms with van der Waals surface area (Å²) in [5, 5.41) is 3.01. The van der Waals surface area contributed by atoms with Crippen LogP contribution < -0.4 is 5.32 Å². The van der Waals surface area contributed by atoms with Crippen LogP contribution in [0, 0.1) is 0 Å². The minimum atomic E-state index is -4.39. The highest BCUT2D eigenvalue weighted by molar-refractivity contribution is 5.42. The molecule has 0 unspecified atom stereocenters. The van der Waals surface area contributed by atoms with Crippen molar-refractivity contribution in [3.8, 4) is 0 Å². The third-order valence-corrected chi connectivity index (χ3v) is 2.39. The summed E-state index contributed by atoms with van der Waals surface area (Å²) in [5.74, 6) is 0. The molecule has 0 amide bonds. The summed E-state index contributed by atoms with van der Waals surface area (Å²) in [4.78, 5) is 3.37. The summed E-state index contributed by atoms with van der Waals surface area (Å²) in [6, 6.07) is 11.9. The Morgan fingerprint density at radius 3 is 2.28 bits per heavy atom. The molecule has 0 saturated carbocycles. The van der Waals surface area contributed by atoms with Gasteiger partial charge in [-0.05, 0) is 17.7 Å². The fourth-order valence-corrected chi connectivity index (χ4v) is 1.47. The first-order valence-corrected chi connectivity index (χ1v) is 5.37. The first-order valence-electron chi connectivity index (χ1n) is 5.37. The number of rotatable bonds is 3. The predicted octanol–water partition coefficient (Wildman–Crippen LogP) is 3.71. The van der Waals surface area contributed by atoms with Gasteiger partial charge in [0.2, 0.25) is 0 Å². The molecule has 0 atom stereocenters. The van der Waals surface area contributed by atoms with Crippen LogP contribution in [0.5, 0.6) is 0 Å². The lowest BCUT2D eigenvalue weighted by Crippen LogP contribution is -2.08. The SMILES string of the molecule is FC(F)(F)c1ccc(NCc2ccccc2)cn1. The Labute approximate surface area is 102 Å². The molecule has 0 spiro atoms. The zero-order valence-electron chi connectivity index (χ0n) is 9.41. The molecule has 1 aromatic heterocycles. The molecule has 0 aliphatic rings. The Kier molecular flexibility index (Phi) is 3.50. The highest BCUT2D eigenvalue weighted by Gasteiger charge is 2.31. The topological polar surface area (TPSA) is 24.9 Å². The van der Waals surface area contributed by atoms with Gasteiger partial charge in [-0.3, -0.25) is 0 Å². The van der Waals surface area contributed by atoms with Crippen LogP contribution in [-0.4, -0.2) is 4.98 Å². The Balaban J connectivity index is 1.99. The summed E-state index contributed by atoms with van der Waals surface area (Å²) in [5.41, 5.74) is 0.733. The van der Waals surface area contributed by atoms with Crippen LogP contribution in [-0.2, 0) is 12.7 Å². The summed E-state index contributed by atoms with van der Waals surface area (Å²) < 4.78 is 36.9. The van der Waals surface area contributed by atoms with Gasteiger partial charge in [0.15, 0.2) is 0 Å². The van der Waals surface area contributed by atoms with Gasteiger partial charge in [0.25, 0.3) is 0 Å². The summed E-state index contributed by atoms with van der Waals surface area (Å²) in [6.45, 7) is 0.549. The molecular formula is C13H11F3N2. The van der Waals surface area contributed by atoms with Gasteiger partial charge in [0, 0.05) is 6.54 Å². The summed E-state index contributed by atoms with van der Waals surface area (Å²) in [6.07, 6.45) is -3.20. The lowest BCUT2D eigenvalue weighted by molar-refractivity contribution is -0.141. The van der Waals surface area contributed by atoms with Crippen molar-refractivity contribution in [1.29, 1.82) is 0 Å². The van der Waals surface area contributed by atoms with Gasteiger partial charge in [-0.15, -0.1) is 0 Å². The van der Waals surface area contributed by atoms with Gasteiger partial charge in [-0.2, -0.15) is 13.2 Å². The lowest BCUT2D eigenvalue weighted by Gasteiger charge is -2.08. The first kappa shape index (κ1) is 12.4. The number of aromatic nitrogens is 1. The molecule has 0 fully saturated rings. The molecule has 2 rings (SSSR count). The second kappa shape index (κ2) is 5.08. The standard InChI is InChI=1S/C13H11F3N2/c14-13(15,16)12-7-6-11(9-18-12)17-8-10-4-2-1-3-5-10/h1-7,9,17H,8H2. The van der Waals surface area contributed by atoms with Crippen LogP contribution in [0.25, 0.3) is 0 Å². The molecule has 0 aliphatic heterocycles. The van der Waals surface area contributed by atoms with Crippen LogP contribution in [0.1, 0.15) is 11.3 Å². The number of halogens is 3. The molecule has 2 aromatic rings. The van der Waals surface area contributed by atoms with Gasteiger partial charge < -0.3 is 5.32 Å². The van der Waals surface area contributed by atoms with Gasteiger partial charge in [0.1, 0.15) is 5.69 Å². The van der Waals surface area contributed by atoms with E-state index in [1.807, 2.05) is 30.3 Å². The van der Waals surface area contributed by atoms with Crippen molar-refractivity contribution in [2.24, 2.45) is 0 Å². The lowest BCUT2D eigenvalue weighted by atomic mass is 10.2. The van der Waals surface area contributed by atoms with Crippen molar-refractivity contribution in [3.63, 3.8) is 0 Å². The highest BCUT2D eigenvalue weighted by atomic mass is 19.4. The van der Waals surface area contributed by atoms with E-state index in [-0.39, 0.29) is 0 Å². The van der Waals surface area contributed by atoms with Crippen LogP contribution in [0.15, 0.2) is 48.7 Å². The zero-order chi connectivity index (χ0) is 13.0. The Morgan fingerprint density at radius 1 is 1.00 bits per heavy atom. The van der Waals surface area contributed by atoms with E-state index in [2.05, 4.69) is 10.3 Å². The highest BCUT2D eigenvalue weighted by Crippen LogP contribution is 2.27. The molecule has 5 heteroatoms. The van der Waals surface area contributed by atoms with Crippen molar-refractivity contribution < 1.29 is 13.2 Å². The first-order chi connectivity index (χ1) is 8.55. The Hall–Kier alpha value is -2.04. The van der Waals surface area contributed by atoms with Crippen molar-refractivity contribution >= 4 is 5.69 Å². The van der Waals surface area contributed by atoms with E-state index < -0.39 is 11.9 Å². The smallest absolute Gasteiger partial charge is 0.380 e. The number of hydrogen-bond donors (Lipinski definition) is 1. The molecule has 0 bridgehead atoms. The fraction of sp³-hybridized carbons (Fsp3) is 0.154. The average molecular weight is 252 g/mol. The molecule has 94 valence electrons. The van der Waals surface area contributed by atoms with Gasteiger partial charge in [0.05, 0.1) is 11.9 Å². The van der Waals surface area contributed by atoms with Crippen LogP contribution in [0.4, 0.5) is 18.9 Å². The molecule has 0 radical (unpaired) electrons. The maximum absolute atomic E-state index is 12.3. The maximum atomic E-state index is 12.3. The monoisotopic (exact) mass is 252 g/mol. The molecule has 0 aliphatic carbocycles. The normalized spacial score (nSPS) is 11.3. The maximum Gasteiger partial charge on any atom is 0.433 e. The number of anilines is 1. The third kappa shape index (κ3) is 3.23. The van der Waals surface area contributed by atoms with Crippen molar-refractivity contribution in [2.75, 3.05) is 5.32 Å². The van der Waals surface area contributed by atoms with E-state index in [0.29, 0.717) is 12.2 Å². The van der Waals surface area contributed by atoms with Crippen molar-refractivity contribution in [2.45, 2.75) is 12.7 Å². The van der Waals surface area contributed by atoms with Gasteiger partial charge in [-0.25, -0.2) is 4.98 Å². The molecule has 1 N–H and O–H groups in total. The van der Waals surface area contributed by atoms with E-state index in [4.69, 9.17) is 0 Å². The second-order valence-electron chi connectivity index (χ2n) is 3.77. The molecular weight excluding hydrogens is 241 g/mol. The van der Waals surface area contributed by atoms with E-state index in [1.165, 1.54) is 12.3 Å². The number of nitrogens with one attached hydrogen (secondary N) is 1. The summed E-state index contributed by atoms with van der Waals surface area (Å²) in [7, 11) is 0. The zero-order valence-corrected chi connectivity index (χ0v) is 9.41. The van der Waals surface area contributed by atoms with E-state index >= 15 is 0 Å². The molecule has 2 nitrogen and oxygen atoms in total. The molecule has 18 heavy (non-hydrogen) atoms. The Bertz CT molecular complexity index is 492. The number of nitrogens with zero attached hydrogens (tertiary/aromatic N) is 1. The second-order valence-corrected chi connectivity index (χ2v) is 3.77. The number of benzene rings is 1. The Morgan fingerprint density at radius 2 is 1.72 bits per heavy atom. The number of pyridine rings is 1. The van der Waals surface area contributed by atoms with Crippen LogP contribution >= 0.6 is 0 Å². The van der Waals surface area contributed by atoms with E-state index in [0.717, 1.165) is 11.6 Å². The third-order valence-electron chi connectivity index (χ3n) is 2.39. The molecule has 0 saturated heterocycles. The van der Waals surface area contributed by atoms with Gasteiger partial charge >= 0.3 is 6.18 Å². The largest absolute Gasteiger partial charge is 0.433 e.